The Balaban J connectivity index is 3.85. The summed E-state index contributed by atoms with van der Waals surface area (Å²) in [6.07, 6.45) is 28.4. The first-order valence-corrected chi connectivity index (χ1v) is 14.8. The number of allylic oxidation sites excluding steroid dienone is 2. The molecule has 31 heavy (non-hydrogen) atoms. The van der Waals surface area contributed by atoms with Crippen LogP contribution in [0.3, 0.4) is 0 Å². The lowest BCUT2D eigenvalue weighted by Gasteiger charge is -2.14. The molecule has 3 nitrogen and oxygen atoms in total. The molecule has 186 valence electrons. The second kappa shape index (κ2) is 24.5. The molecule has 2 N–H and O–H groups in total. The predicted octanol–water partition coefficient (Wildman–Crippen LogP) is 10.1. The zero-order valence-electron chi connectivity index (χ0n) is 21.3. The zero-order valence-corrected chi connectivity index (χ0v) is 22.2. The Morgan fingerprint density at radius 1 is 0.516 bits per heavy atom. The van der Waals surface area contributed by atoms with Crippen molar-refractivity contribution in [3.8, 4) is 0 Å². The molecule has 0 aromatic heterocycles. The molecule has 0 aromatic rings. The number of hydrogen-bond donors (Lipinski definition) is 2. The molecule has 0 saturated carbocycles. The van der Waals surface area contributed by atoms with Gasteiger partial charge < -0.3 is 14.3 Å². The van der Waals surface area contributed by atoms with Crippen molar-refractivity contribution in [1.29, 1.82) is 0 Å². The minimum absolute atomic E-state index is 0.839. The van der Waals surface area contributed by atoms with Gasteiger partial charge in [-0.25, -0.2) is 0 Å². The van der Waals surface area contributed by atoms with Gasteiger partial charge in [0.2, 0.25) is 0 Å². The SMILES string of the molecule is CCCCCCCCCCCCC(C)=C(CCCCCCCCCCCC)OP(O)O. The third kappa shape index (κ3) is 22.9. The summed E-state index contributed by atoms with van der Waals surface area (Å²) in [5.41, 5.74) is 1.21. The van der Waals surface area contributed by atoms with Crippen LogP contribution >= 0.6 is 8.60 Å². The third-order valence-electron chi connectivity index (χ3n) is 6.33. The average molecular weight is 459 g/mol. The van der Waals surface area contributed by atoms with Gasteiger partial charge in [0.1, 0.15) is 5.76 Å². The second-order valence-corrected chi connectivity index (χ2v) is 10.1. The molecule has 0 unspecified atom stereocenters. The highest BCUT2D eigenvalue weighted by atomic mass is 31.2. The smallest absolute Gasteiger partial charge is 0.391 e. The van der Waals surface area contributed by atoms with E-state index in [4.69, 9.17) is 4.52 Å². The maximum atomic E-state index is 9.34. The maximum absolute atomic E-state index is 9.34. The monoisotopic (exact) mass is 458 g/mol. The molecule has 4 heteroatoms. The molecule has 0 radical (unpaired) electrons. The standard InChI is InChI=1S/C27H55O3P/c1-4-6-8-10-12-14-16-18-20-22-24-26(3)27(30-31(28)29)25-23-21-19-17-15-13-11-9-7-5-2/h28-29H,4-25H2,1-3H3. The molecule has 0 rings (SSSR count). The molecule has 0 atom stereocenters. The molecular weight excluding hydrogens is 403 g/mol. The molecule has 0 bridgehead atoms. The second-order valence-electron chi connectivity index (χ2n) is 9.41. The van der Waals surface area contributed by atoms with Crippen molar-refractivity contribution in [1.82, 2.24) is 0 Å². The molecule has 0 fully saturated rings. The van der Waals surface area contributed by atoms with Gasteiger partial charge in [0.15, 0.2) is 0 Å². The van der Waals surface area contributed by atoms with E-state index in [1.807, 2.05) is 0 Å². The van der Waals surface area contributed by atoms with Gasteiger partial charge in [0.25, 0.3) is 0 Å². The Hall–Kier alpha value is -0.110. The first-order chi connectivity index (χ1) is 15.1. The van der Waals surface area contributed by atoms with Crippen molar-refractivity contribution in [2.24, 2.45) is 0 Å². The van der Waals surface area contributed by atoms with Crippen LogP contribution in [0.15, 0.2) is 11.3 Å². The van der Waals surface area contributed by atoms with Gasteiger partial charge in [-0.3, -0.25) is 0 Å². The van der Waals surface area contributed by atoms with Crippen molar-refractivity contribution in [2.45, 2.75) is 162 Å². The van der Waals surface area contributed by atoms with Crippen LogP contribution in [-0.2, 0) is 4.52 Å². The largest absolute Gasteiger partial charge is 0.432 e. The van der Waals surface area contributed by atoms with Crippen LogP contribution < -0.4 is 0 Å². The van der Waals surface area contributed by atoms with E-state index in [1.165, 1.54) is 128 Å². The molecule has 0 saturated heterocycles. The fourth-order valence-corrected chi connectivity index (χ4v) is 4.67. The van der Waals surface area contributed by atoms with Crippen molar-refractivity contribution >= 4 is 8.60 Å². The Kier molecular flexibility index (Phi) is 24.4. The van der Waals surface area contributed by atoms with Gasteiger partial charge in [-0.1, -0.05) is 129 Å². The van der Waals surface area contributed by atoms with Crippen LogP contribution in [0.1, 0.15) is 162 Å². The third-order valence-corrected chi connectivity index (χ3v) is 6.71. The maximum Gasteiger partial charge on any atom is 0.391 e. The Labute approximate surface area is 196 Å². The summed E-state index contributed by atoms with van der Waals surface area (Å²) in [6.45, 7) is 6.65. The summed E-state index contributed by atoms with van der Waals surface area (Å²) in [7, 11) is -2.30. The first kappa shape index (κ1) is 30.9. The molecule has 0 heterocycles. The molecule has 0 aliphatic rings. The highest BCUT2D eigenvalue weighted by molar-refractivity contribution is 7.39. The minimum atomic E-state index is -2.30. The van der Waals surface area contributed by atoms with Crippen molar-refractivity contribution in [2.75, 3.05) is 0 Å². The molecule has 0 aromatic carbocycles. The summed E-state index contributed by atoms with van der Waals surface area (Å²) >= 11 is 0. The van der Waals surface area contributed by atoms with Gasteiger partial charge in [-0.05, 0) is 31.8 Å². The predicted molar refractivity (Wildman–Crippen MR) is 138 cm³/mol. The quantitative estimate of drug-likeness (QED) is 0.0859. The van der Waals surface area contributed by atoms with Crippen LogP contribution in [-0.4, -0.2) is 9.79 Å². The van der Waals surface area contributed by atoms with Crippen LogP contribution in [0.5, 0.6) is 0 Å². The Morgan fingerprint density at radius 3 is 1.19 bits per heavy atom. The van der Waals surface area contributed by atoms with Crippen LogP contribution in [0, 0.1) is 0 Å². The van der Waals surface area contributed by atoms with Crippen LogP contribution in [0.4, 0.5) is 0 Å². The van der Waals surface area contributed by atoms with Crippen LogP contribution in [0.25, 0.3) is 0 Å². The van der Waals surface area contributed by atoms with E-state index in [0.29, 0.717) is 0 Å². The lowest BCUT2D eigenvalue weighted by Crippen LogP contribution is -1.95. The lowest BCUT2D eigenvalue weighted by molar-refractivity contribution is 0.302. The van der Waals surface area contributed by atoms with Crippen LogP contribution in [0.2, 0.25) is 0 Å². The first-order valence-electron chi connectivity index (χ1n) is 13.7. The zero-order chi connectivity index (χ0) is 23.0. The molecular formula is C27H55O3P. The van der Waals surface area contributed by atoms with Crippen molar-refractivity contribution < 1.29 is 14.3 Å². The summed E-state index contributed by atoms with van der Waals surface area (Å²) in [4.78, 5) is 18.7. The van der Waals surface area contributed by atoms with E-state index in [1.54, 1.807) is 0 Å². The van der Waals surface area contributed by atoms with E-state index >= 15 is 0 Å². The van der Waals surface area contributed by atoms with E-state index < -0.39 is 8.60 Å². The summed E-state index contributed by atoms with van der Waals surface area (Å²) in [6, 6.07) is 0. The van der Waals surface area contributed by atoms with E-state index in [-0.39, 0.29) is 0 Å². The Morgan fingerprint density at radius 2 is 0.839 bits per heavy atom. The molecule has 0 spiro atoms. The van der Waals surface area contributed by atoms with Gasteiger partial charge >= 0.3 is 8.60 Å². The lowest BCUT2D eigenvalue weighted by atomic mass is 10.0. The summed E-state index contributed by atoms with van der Waals surface area (Å²) in [5, 5.41) is 0. The highest BCUT2D eigenvalue weighted by Gasteiger charge is 2.10. The molecule has 0 amide bonds. The van der Waals surface area contributed by atoms with E-state index in [0.717, 1.165) is 25.0 Å². The van der Waals surface area contributed by atoms with E-state index in [9.17, 15) is 9.79 Å². The van der Waals surface area contributed by atoms with E-state index in [2.05, 4.69) is 20.8 Å². The topological polar surface area (TPSA) is 49.7 Å². The summed E-state index contributed by atoms with van der Waals surface area (Å²) in [5.74, 6) is 0.839. The van der Waals surface area contributed by atoms with Gasteiger partial charge in [0, 0.05) is 6.42 Å². The van der Waals surface area contributed by atoms with Crippen molar-refractivity contribution in [3.05, 3.63) is 11.3 Å². The molecule has 0 aliphatic carbocycles. The summed E-state index contributed by atoms with van der Waals surface area (Å²) < 4.78 is 5.39. The highest BCUT2D eigenvalue weighted by Crippen LogP contribution is 2.33. The van der Waals surface area contributed by atoms with Crippen molar-refractivity contribution in [3.63, 3.8) is 0 Å². The fourth-order valence-electron chi connectivity index (χ4n) is 4.23. The minimum Gasteiger partial charge on any atom is -0.432 e. The van der Waals surface area contributed by atoms with Gasteiger partial charge in [-0.2, -0.15) is 0 Å². The fraction of sp³-hybridized carbons (Fsp3) is 0.926. The van der Waals surface area contributed by atoms with Gasteiger partial charge in [-0.15, -0.1) is 0 Å². The number of hydrogen-bond acceptors (Lipinski definition) is 3. The average Bonchev–Trinajstić information content (AvgIpc) is 2.75. The Bertz CT molecular complexity index is 396. The van der Waals surface area contributed by atoms with Gasteiger partial charge in [0.05, 0.1) is 0 Å². The number of unbranched alkanes of at least 4 members (excludes halogenated alkanes) is 18. The molecule has 0 aliphatic heterocycles. The number of rotatable bonds is 24. The normalized spacial score (nSPS) is 12.5.